The van der Waals surface area contributed by atoms with E-state index in [-0.39, 0.29) is 17.5 Å². The summed E-state index contributed by atoms with van der Waals surface area (Å²) in [5.74, 6) is 5.75. The third-order valence-electron chi connectivity index (χ3n) is 2.39. The van der Waals surface area contributed by atoms with Crippen molar-refractivity contribution in [2.24, 2.45) is 5.84 Å². The van der Waals surface area contributed by atoms with Gasteiger partial charge < -0.3 is 10.7 Å². The summed E-state index contributed by atoms with van der Waals surface area (Å²) in [6, 6.07) is 2.61. The number of rotatable bonds is 5. The molecule has 0 aromatic carbocycles. The minimum atomic E-state index is -0.496. The molecule has 2 aromatic rings. The highest BCUT2D eigenvalue weighted by atomic mass is 32.1. The predicted molar refractivity (Wildman–Crippen MR) is 72.9 cm³/mol. The Labute approximate surface area is 112 Å². The molecule has 0 amide bonds. The molecule has 8 nitrogen and oxygen atoms in total. The van der Waals surface area contributed by atoms with Gasteiger partial charge in [-0.05, 0) is 13.0 Å². The van der Waals surface area contributed by atoms with Gasteiger partial charge in [0.25, 0.3) is 0 Å². The number of hydrazine groups is 1. The van der Waals surface area contributed by atoms with Crippen LogP contribution in [0.1, 0.15) is 18.0 Å². The van der Waals surface area contributed by atoms with Crippen LogP contribution >= 0.6 is 11.3 Å². The second-order valence-electron chi connectivity index (χ2n) is 3.70. The van der Waals surface area contributed by atoms with Gasteiger partial charge in [-0.3, -0.25) is 10.1 Å². The van der Waals surface area contributed by atoms with E-state index in [0.29, 0.717) is 5.82 Å². The number of nitrogens with two attached hydrogens (primary N) is 1. The maximum absolute atomic E-state index is 11.0. The van der Waals surface area contributed by atoms with Crippen molar-refractivity contribution in [1.29, 1.82) is 0 Å². The Morgan fingerprint density at radius 3 is 2.89 bits per heavy atom. The molecule has 0 spiro atoms. The van der Waals surface area contributed by atoms with Gasteiger partial charge >= 0.3 is 5.69 Å². The first kappa shape index (κ1) is 13.2. The number of hydrogen-bond acceptors (Lipinski definition) is 8. The molecule has 2 rings (SSSR count). The first-order valence-corrected chi connectivity index (χ1v) is 6.27. The lowest BCUT2D eigenvalue weighted by Crippen LogP contribution is -2.13. The molecule has 0 fully saturated rings. The minimum absolute atomic E-state index is 0.109. The number of nitro groups is 1. The molecule has 2 heterocycles. The third kappa shape index (κ3) is 2.95. The highest BCUT2D eigenvalue weighted by molar-refractivity contribution is 7.09. The zero-order chi connectivity index (χ0) is 13.8. The summed E-state index contributed by atoms with van der Waals surface area (Å²) in [6.45, 7) is 1.85. The van der Waals surface area contributed by atoms with Crippen molar-refractivity contribution in [3.8, 4) is 0 Å². The van der Waals surface area contributed by atoms with E-state index in [1.807, 2.05) is 12.3 Å². The molecule has 100 valence electrons. The number of anilines is 2. The number of thiazole rings is 1. The maximum atomic E-state index is 11.0. The molecule has 0 aliphatic carbocycles. The van der Waals surface area contributed by atoms with E-state index >= 15 is 0 Å². The molecule has 0 aliphatic rings. The Bertz CT molecular complexity index is 573. The molecule has 0 saturated heterocycles. The van der Waals surface area contributed by atoms with Crippen LogP contribution in [0.3, 0.4) is 0 Å². The van der Waals surface area contributed by atoms with E-state index in [0.717, 1.165) is 5.01 Å². The van der Waals surface area contributed by atoms with Crippen LogP contribution in [0.2, 0.25) is 0 Å². The summed E-state index contributed by atoms with van der Waals surface area (Å²) in [7, 11) is 0. The molecular formula is C10H12N6O2S. The Balaban J connectivity index is 2.29. The number of nitrogens with zero attached hydrogens (tertiary/aromatic N) is 3. The summed E-state index contributed by atoms with van der Waals surface area (Å²) >= 11 is 1.46. The van der Waals surface area contributed by atoms with Gasteiger partial charge in [0.2, 0.25) is 5.82 Å². The standard InChI is InChI=1S/C10H12N6O2S/c1-6(10-12-4-5-19-10)13-9-7(16(17)18)2-3-8(14-9)15-11/h2-6H,11H2,1H3,(H2,13,14,15). The predicted octanol–water partition coefficient (Wildman–Crippen LogP) is 1.90. The molecule has 4 N–H and O–H groups in total. The fourth-order valence-electron chi connectivity index (χ4n) is 1.50. The van der Waals surface area contributed by atoms with Gasteiger partial charge in [0.05, 0.1) is 11.0 Å². The minimum Gasteiger partial charge on any atom is -0.355 e. The Hall–Kier alpha value is -2.26. The van der Waals surface area contributed by atoms with E-state index in [4.69, 9.17) is 5.84 Å². The fraction of sp³-hybridized carbons (Fsp3) is 0.200. The summed E-state index contributed by atoms with van der Waals surface area (Å²) in [4.78, 5) is 18.7. The Morgan fingerprint density at radius 1 is 1.53 bits per heavy atom. The van der Waals surface area contributed by atoms with E-state index in [1.54, 1.807) is 6.20 Å². The first-order chi connectivity index (χ1) is 9.11. The Kier molecular flexibility index (Phi) is 3.88. The number of nitrogen functional groups attached to an aromatic ring is 1. The van der Waals surface area contributed by atoms with Crippen molar-refractivity contribution in [2.45, 2.75) is 13.0 Å². The van der Waals surface area contributed by atoms with Crippen molar-refractivity contribution in [3.63, 3.8) is 0 Å². The second kappa shape index (κ2) is 5.59. The molecule has 1 atom stereocenters. The van der Waals surface area contributed by atoms with Crippen LogP contribution < -0.4 is 16.6 Å². The van der Waals surface area contributed by atoms with Gasteiger partial charge in [-0.25, -0.2) is 15.8 Å². The molecule has 0 saturated carbocycles. The van der Waals surface area contributed by atoms with E-state index in [1.165, 1.54) is 23.5 Å². The van der Waals surface area contributed by atoms with Crippen molar-refractivity contribution in [3.05, 3.63) is 38.8 Å². The third-order valence-corrected chi connectivity index (χ3v) is 3.35. The smallest absolute Gasteiger partial charge is 0.311 e. The second-order valence-corrected chi connectivity index (χ2v) is 4.63. The van der Waals surface area contributed by atoms with Crippen LogP contribution in [-0.2, 0) is 0 Å². The number of nitrogens with one attached hydrogen (secondary N) is 2. The van der Waals surface area contributed by atoms with E-state index in [9.17, 15) is 10.1 Å². The Morgan fingerprint density at radius 2 is 2.32 bits per heavy atom. The quantitative estimate of drug-likeness (QED) is 0.434. The highest BCUT2D eigenvalue weighted by Crippen LogP contribution is 2.28. The van der Waals surface area contributed by atoms with Gasteiger partial charge in [-0.15, -0.1) is 11.3 Å². The molecule has 19 heavy (non-hydrogen) atoms. The van der Waals surface area contributed by atoms with Gasteiger partial charge in [0.1, 0.15) is 10.8 Å². The van der Waals surface area contributed by atoms with Crippen molar-refractivity contribution < 1.29 is 4.92 Å². The topological polar surface area (TPSA) is 119 Å². The summed E-state index contributed by atoms with van der Waals surface area (Å²) < 4.78 is 0. The van der Waals surface area contributed by atoms with Gasteiger partial charge in [-0.1, -0.05) is 0 Å². The zero-order valence-electron chi connectivity index (χ0n) is 10.0. The summed E-state index contributed by atoms with van der Waals surface area (Å²) in [5.41, 5.74) is 2.25. The molecule has 0 radical (unpaired) electrons. The number of hydrogen-bond donors (Lipinski definition) is 3. The van der Waals surface area contributed by atoms with Gasteiger partial charge in [0, 0.05) is 17.6 Å². The number of pyridine rings is 1. The lowest BCUT2D eigenvalue weighted by molar-refractivity contribution is -0.384. The van der Waals surface area contributed by atoms with E-state index < -0.39 is 4.92 Å². The average molecular weight is 280 g/mol. The van der Waals surface area contributed by atoms with Crippen molar-refractivity contribution in [2.75, 3.05) is 10.7 Å². The largest absolute Gasteiger partial charge is 0.355 e. The number of aromatic nitrogens is 2. The molecule has 0 bridgehead atoms. The molecule has 1 unspecified atom stereocenters. The molecule has 2 aromatic heterocycles. The highest BCUT2D eigenvalue weighted by Gasteiger charge is 2.19. The lowest BCUT2D eigenvalue weighted by Gasteiger charge is -2.12. The van der Waals surface area contributed by atoms with Crippen LogP contribution in [-0.4, -0.2) is 14.9 Å². The van der Waals surface area contributed by atoms with Crippen LogP contribution in [0.25, 0.3) is 0 Å². The summed E-state index contributed by atoms with van der Waals surface area (Å²) in [5, 5.41) is 16.6. The summed E-state index contributed by atoms with van der Waals surface area (Å²) in [6.07, 6.45) is 1.68. The first-order valence-electron chi connectivity index (χ1n) is 5.39. The molecular weight excluding hydrogens is 268 g/mol. The lowest BCUT2D eigenvalue weighted by atomic mass is 10.3. The van der Waals surface area contributed by atoms with E-state index in [2.05, 4.69) is 20.7 Å². The SMILES string of the molecule is CC(Nc1nc(NN)ccc1[N+](=O)[O-])c1nccs1. The van der Waals surface area contributed by atoms with Crippen molar-refractivity contribution in [1.82, 2.24) is 9.97 Å². The zero-order valence-corrected chi connectivity index (χ0v) is 10.8. The maximum Gasteiger partial charge on any atom is 0.311 e. The fourth-order valence-corrected chi connectivity index (χ4v) is 2.15. The van der Waals surface area contributed by atoms with Gasteiger partial charge in [-0.2, -0.15) is 0 Å². The van der Waals surface area contributed by atoms with Crippen LogP contribution in [0.5, 0.6) is 0 Å². The van der Waals surface area contributed by atoms with Gasteiger partial charge in [0.15, 0.2) is 0 Å². The van der Waals surface area contributed by atoms with Crippen molar-refractivity contribution >= 4 is 28.7 Å². The van der Waals surface area contributed by atoms with Crippen LogP contribution in [0, 0.1) is 10.1 Å². The van der Waals surface area contributed by atoms with Crippen LogP contribution in [0.15, 0.2) is 23.7 Å². The molecule has 0 aliphatic heterocycles. The monoisotopic (exact) mass is 280 g/mol. The van der Waals surface area contributed by atoms with Crippen LogP contribution in [0.4, 0.5) is 17.3 Å². The average Bonchev–Trinajstić information content (AvgIpc) is 2.92. The normalized spacial score (nSPS) is 11.9. The molecule has 9 heteroatoms.